The molecular weight excluding hydrogens is 362 g/mol. The molecule has 0 saturated carbocycles. The molecule has 0 radical (unpaired) electrons. The van der Waals surface area contributed by atoms with Crippen LogP contribution >= 0.6 is 0 Å². The minimum Gasteiger partial charge on any atom is -0.343 e. The summed E-state index contributed by atoms with van der Waals surface area (Å²) in [6.07, 6.45) is 5.31. The maximum atomic E-state index is 12.5. The van der Waals surface area contributed by atoms with Gasteiger partial charge in [0.25, 0.3) is 0 Å². The van der Waals surface area contributed by atoms with E-state index >= 15 is 0 Å². The number of para-hydroxylation sites is 1. The van der Waals surface area contributed by atoms with Crippen LogP contribution in [-0.2, 0) is 4.79 Å². The van der Waals surface area contributed by atoms with Crippen LogP contribution in [0.4, 0.5) is 0 Å². The van der Waals surface area contributed by atoms with Crippen molar-refractivity contribution in [1.82, 2.24) is 24.5 Å². The number of pyridine rings is 1. The Hall–Kier alpha value is -3.67. The Balaban J connectivity index is 1.50. The summed E-state index contributed by atoms with van der Waals surface area (Å²) in [6.45, 7) is 6.02. The molecule has 0 aliphatic rings. The van der Waals surface area contributed by atoms with Gasteiger partial charge in [-0.25, -0.2) is 0 Å². The quantitative estimate of drug-likeness (QED) is 0.528. The van der Waals surface area contributed by atoms with Gasteiger partial charge in [0.05, 0.1) is 6.04 Å². The maximum Gasteiger partial charge on any atom is 0.244 e. The van der Waals surface area contributed by atoms with Crippen LogP contribution in [0, 0.1) is 13.8 Å². The van der Waals surface area contributed by atoms with E-state index in [1.807, 2.05) is 60.0 Å². The predicted octanol–water partition coefficient (Wildman–Crippen LogP) is 4.03. The van der Waals surface area contributed by atoms with Gasteiger partial charge in [0.2, 0.25) is 5.91 Å². The highest BCUT2D eigenvalue weighted by Crippen LogP contribution is 2.21. The van der Waals surface area contributed by atoms with Crippen LogP contribution in [0.25, 0.3) is 17.4 Å². The summed E-state index contributed by atoms with van der Waals surface area (Å²) < 4.78 is 4.06. The van der Waals surface area contributed by atoms with Crippen molar-refractivity contribution >= 4 is 17.6 Å². The lowest BCUT2D eigenvalue weighted by molar-refractivity contribution is -0.117. The molecule has 1 amide bonds. The topological polar surface area (TPSA) is 64.2 Å². The Morgan fingerprint density at radius 2 is 1.83 bits per heavy atom. The van der Waals surface area contributed by atoms with Gasteiger partial charge in [-0.1, -0.05) is 24.3 Å². The number of nitrogens with one attached hydrogen (secondary N) is 1. The van der Waals surface area contributed by atoms with Crippen LogP contribution in [0.3, 0.4) is 0 Å². The van der Waals surface area contributed by atoms with Gasteiger partial charge in [-0.05, 0) is 62.7 Å². The number of rotatable bonds is 5. The minimum atomic E-state index is -0.263. The number of carbonyl (C=O) groups excluding carboxylic acids is 1. The maximum absolute atomic E-state index is 12.5. The number of benzene rings is 1. The lowest BCUT2D eigenvalue weighted by Crippen LogP contribution is -2.26. The van der Waals surface area contributed by atoms with E-state index in [4.69, 9.17) is 0 Å². The molecular formula is C23H23N5O. The molecule has 1 atom stereocenters. The number of carbonyl (C=O) groups is 1. The van der Waals surface area contributed by atoms with Gasteiger partial charge in [-0.2, -0.15) is 0 Å². The number of aryl methyl sites for hydroxylation is 1. The fourth-order valence-corrected chi connectivity index (χ4v) is 3.58. The number of nitrogens with zero attached hydrogens (tertiary/aromatic N) is 4. The van der Waals surface area contributed by atoms with E-state index in [9.17, 15) is 4.79 Å². The molecule has 0 spiro atoms. The van der Waals surface area contributed by atoms with E-state index in [-0.39, 0.29) is 11.9 Å². The van der Waals surface area contributed by atoms with Gasteiger partial charge in [0.15, 0.2) is 11.5 Å². The summed E-state index contributed by atoms with van der Waals surface area (Å²) in [5, 5.41) is 11.3. The molecule has 6 heteroatoms. The molecule has 3 heterocycles. The molecule has 29 heavy (non-hydrogen) atoms. The fraction of sp³-hybridized carbons (Fsp3) is 0.174. The van der Waals surface area contributed by atoms with Crippen LogP contribution in [0.5, 0.6) is 0 Å². The van der Waals surface area contributed by atoms with E-state index in [1.165, 1.54) is 0 Å². The van der Waals surface area contributed by atoms with Gasteiger partial charge < -0.3 is 9.88 Å². The molecule has 1 unspecified atom stereocenters. The normalized spacial score (nSPS) is 12.5. The summed E-state index contributed by atoms with van der Waals surface area (Å²) in [5.41, 5.74) is 5.10. The summed E-state index contributed by atoms with van der Waals surface area (Å²) in [7, 11) is 0. The molecule has 4 aromatic rings. The van der Waals surface area contributed by atoms with Crippen molar-refractivity contribution in [3.8, 4) is 5.69 Å². The third-order valence-electron chi connectivity index (χ3n) is 4.99. The second-order valence-corrected chi connectivity index (χ2v) is 7.05. The van der Waals surface area contributed by atoms with E-state index in [0.29, 0.717) is 5.82 Å². The number of hydrogen-bond donors (Lipinski definition) is 1. The zero-order valence-corrected chi connectivity index (χ0v) is 16.7. The second-order valence-electron chi connectivity index (χ2n) is 7.05. The van der Waals surface area contributed by atoms with Crippen molar-refractivity contribution in [3.05, 3.63) is 89.6 Å². The zero-order chi connectivity index (χ0) is 20.4. The van der Waals surface area contributed by atoms with Gasteiger partial charge in [0.1, 0.15) is 0 Å². The van der Waals surface area contributed by atoms with E-state index in [2.05, 4.69) is 52.1 Å². The molecule has 0 saturated heterocycles. The van der Waals surface area contributed by atoms with Crippen LogP contribution in [0.15, 0.2) is 66.9 Å². The molecule has 3 aromatic heterocycles. The molecule has 0 aliphatic heterocycles. The molecule has 0 fully saturated rings. The van der Waals surface area contributed by atoms with Crippen LogP contribution in [-0.4, -0.2) is 25.1 Å². The van der Waals surface area contributed by atoms with Gasteiger partial charge in [0, 0.05) is 29.3 Å². The number of hydrogen-bond acceptors (Lipinski definition) is 3. The second kappa shape index (κ2) is 7.75. The summed E-state index contributed by atoms with van der Waals surface area (Å²) in [4.78, 5) is 12.5. The van der Waals surface area contributed by atoms with Crippen LogP contribution in [0.1, 0.15) is 35.7 Å². The first kappa shape index (κ1) is 18.7. The Morgan fingerprint density at radius 1 is 1.07 bits per heavy atom. The average molecular weight is 385 g/mol. The smallest absolute Gasteiger partial charge is 0.244 e. The largest absolute Gasteiger partial charge is 0.343 e. The van der Waals surface area contributed by atoms with E-state index in [0.717, 1.165) is 28.3 Å². The highest BCUT2D eigenvalue weighted by molar-refractivity contribution is 5.92. The summed E-state index contributed by atoms with van der Waals surface area (Å²) in [5.74, 6) is 0.527. The molecule has 4 rings (SSSR count). The number of aromatic nitrogens is 4. The van der Waals surface area contributed by atoms with Crippen molar-refractivity contribution in [2.24, 2.45) is 0 Å². The molecule has 6 nitrogen and oxygen atoms in total. The summed E-state index contributed by atoms with van der Waals surface area (Å²) >= 11 is 0. The highest BCUT2D eigenvalue weighted by Gasteiger charge is 2.15. The van der Waals surface area contributed by atoms with Crippen LogP contribution in [0.2, 0.25) is 0 Å². The van der Waals surface area contributed by atoms with Gasteiger partial charge in [-0.3, -0.25) is 9.20 Å². The Bertz CT molecular complexity index is 1190. The Morgan fingerprint density at radius 3 is 2.62 bits per heavy atom. The average Bonchev–Trinajstić information content (AvgIpc) is 3.27. The molecule has 1 aromatic carbocycles. The first-order valence-corrected chi connectivity index (χ1v) is 9.57. The summed E-state index contributed by atoms with van der Waals surface area (Å²) in [6, 6.07) is 17.7. The van der Waals surface area contributed by atoms with Crippen molar-refractivity contribution < 1.29 is 4.79 Å². The third-order valence-corrected chi connectivity index (χ3v) is 4.99. The predicted molar refractivity (Wildman–Crippen MR) is 114 cm³/mol. The minimum absolute atomic E-state index is 0.172. The van der Waals surface area contributed by atoms with Crippen molar-refractivity contribution in [2.45, 2.75) is 26.8 Å². The Labute approximate surface area is 169 Å². The first-order valence-electron chi connectivity index (χ1n) is 9.57. The van der Waals surface area contributed by atoms with Crippen LogP contribution < -0.4 is 5.32 Å². The number of fused-ring (bicyclic) bond motifs is 1. The van der Waals surface area contributed by atoms with Crippen molar-refractivity contribution in [2.75, 3.05) is 0 Å². The standard InChI is InChI=1S/C23H23N5O/c1-16-15-19(18(3)28(16)20-9-5-4-6-10-20)12-13-22(29)24-17(2)23-26-25-21-11-7-8-14-27(21)23/h4-15,17H,1-3H3,(H,24,29)/b13-12+. The zero-order valence-electron chi connectivity index (χ0n) is 16.7. The molecule has 0 aliphatic carbocycles. The van der Waals surface area contributed by atoms with E-state index < -0.39 is 0 Å². The van der Waals surface area contributed by atoms with Gasteiger partial charge in [-0.15, -0.1) is 10.2 Å². The molecule has 146 valence electrons. The highest BCUT2D eigenvalue weighted by atomic mass is 16.1. The first-order chi connectivity index (χ1) is 14.0. The molecule has 1 N–H and O–H groups in total. The SMILES string of the molecule is Cc1cc(/C=C/C(=O)NC(C)c2nnc3ccccn23)c(C)n1-c1ccccc1. The number of amides is 1. The molecule has 0 bridgehead atoms. The Kier molecular flexibility index (Phi) is 4.99. The fourth-order valence-electron chi connectivity index (χ4n) is 3.58. The van der Waals surface area contributed by atoms with Crippen molar-refractivity contribution in [3.63, 3.8) is 0 Å². The monoisotopic (exact) mass is 385 g/mol. The van der Waals surface area contributed by atoms with E-state index in [1.54, 1.807) is 6.08 Å². The lowest BCUT2D eigenvalue weighted by Gasteiger charge is -2.10. The third kappa shape index (κ3) is 3.69. The van der Waals surface area contributed by atoms with Crippen molar-refractivity contribution in [1.29, 1.82) is 0 Å². The van der Waals surface area contributed by atoms with Gasteiger partial charge >= 0.3 is 0 Å². The lowest BCUT2D eigenvalue weighted by atomic mass is 10.2.